The van der Waals surface area contributed by atoms with E-state index in [1.54, 1.807) is 7.11 Å². The van der Waals surface area contributed by atoms with Crippen molar-refractivity contribution in [2.24, 2.45) is 11.0 Å². The Hall–Kier alpha value is -1.84. The molecule has 1 heterocycles. The van der Waals surface area contributed by atoms with Crippen LogP contribution in [-0.2, 0) is 11.2 Å². The molecule has 2 aliphatic rings. The summed E-state index contributed by atoms with van der Waals surface area (Å²) in [6, 6.07) is 6.04. The van der Waals surface area contributed by atoms with Gasteiger partial charge in [0.2, 0.25) is 5.91 Å². The van der Waals surface area contributed by atoms with Crippen molar-refractivity contribution in [1.29, 1.82) is 0 Å². The standard InChI is InChI=1S/C13H14N2O2/c1-17-10-4-5-11-8(6-10)2-3-9-7-12(16)14-15-13(9)11/h4-6,9H,2-3,7H2,1H3,(H,14,16). The predicted molar refractivity (Wildman–Crippen MR) is 64.1 cm³/mol. The summed E-state index contributed by atoms with van der Waals surface area (Å²) in [5, 5.41) is 4.21. The summed E-state index contributed by atoms with van der Waals surface area (Å²) >= 11 is 0. The van der Waals surface area contributed by atoms with Gasteiger partial charge < -0.3 is 4.74 Å². The lowest BCUT2D eigenvalue weighted by Gasteiger charge is -2.29. The second kappa shape index (κ2) is 3.87. The van der Waals surface area contributed by atoms with Crippen molar-refractivity contribution in [3.05, 3.63) is 29.3 Å². The molecule has 1 atom stereocenters. The maximum Gasteiger partial charge on any atom is 0.240 e. The number of benzene rings is 1. The Balaban J connectivity index is 2.04. The summed E-state index contributed by atoms with van der Waals surface area (Å²) in [4.78, 5) is 11.3. The van der Waals surface area contributed by atoms with Gasteiger partial charge in [0.25, 0.3) is 0 Å². The van der Waals surface area contributed by atoms with Crippen LogP contribution in [0.1, 0.15) is 24.0 Å². The highest BCUT2D eigenvalue weighted by Gasteiger charge is 2.30. The molecule has 4 nitrogen and oxygen atoms in total. The number of amides is 1. The van der Waals surface area contributed by atoms with E-state index in [9.17, 15) is 4.79 Å². The Bertz CT molecular complexity index is 508. The molecule has 1 aliphatic heterocycles. The molecule has 1 unspecified atom stereocenters. The minimum absolute atomic E-state index is 0.0238. The molecule has 1 aromatic rings. The lowest BCUT2D eigenvalue weighted by molar-refractivity contribution is -0.122. The number of hydrazone groups is 1. The molecule has 0 saturated heterocycles. The second-order valence-corrected chi connectivity index (χ2v) is 4.49. The Morgan fingerprint density at radius 1 is 1.47 bits per heavy atom. The Labute approximate surface area is 99.7 Å². The van der Waals surface area contributed by atoms with E-state index in [0.717, 1.165) is 29.9 Å². The number of carbonyl (C=O) groups excluding carboxylic acids is 1. The number of rotatable bonds is 1. The van der Waals surface area contributed by atoms with Crippen LogP contribution in [0, 0.1) is 5.92 Å². The van der Waals surface area contributed by atoms with Crippen molar-refractivity contribution < 1.29 is 9.53 Å². The zero-order valence-electron chi connectivity index (χ0n) is 9.69. The van der Waals surface area contributed by atoms with E-state index in [-0.39, 0.29) is 11.8 Å². The lowest BCUT2D eigenvalue weighted by Crippen LogP contribution is -2.36. The molecule has 1 amide bonds. The molecule has 1 N–H and O–H groups in total. The zero-order chi connectivity index (χ0) is 11.8. The molecule has 1 aromatic carbocycles. The van der Waals surface area contributed by atoms with Crippen LogP contribution < -0.4 is 10.2 Å². The fourth-order valence-electron chi connectivity index (χ4n) is 2.58. The molecule has 1 aliphatic carbocycles. The van der Waals surface area contributed by atoms with Crippen molar-refractivity contribution >= 4 is 11.6 Å². The number of methoxy groups -OCH3 is 1. The van der Waals surface area contributed by atoms with Crippen molar-refractivity contribution in [1.82, 2.24) is 5.43 Å². The van der Waals surface area contributed by atoms with Gasteiger partial charge in [-0.15, -0.1) is 0 Å². The average Bonchev–Trinajstić information content (AvgIpc) is 2.37. The van der Waals surface area contributed by atoms with Gasteiger partial charge in [-0.3, -0.25) is 4.79 Å². The second-order valence-electron chi connectivity index (χ2n) is 4.49. The highest BCUT2D eigenvalue weighted by atomic mass is 16.5. The molecule has 0 radical (unpaired) electrons. The minimum Gasteiger partial charge on any atom is -0.497 e. The van der Waals surface area contributed by atoms with E-state index in [0.29, 0.717) is 6.42 Å². The highest BCUT2D eigenvalue weighted by Crippen LogP contribution is 2.31. The fraction of sp³-hybridized carbons (Fsp3) is 0.385. The highest BCUT2D eigenvalue weighted by molar-refractivity contribution is 6.07. The first-order valence-electron chi connectivity index (χ1n) is 5.81. The van der Waals surface area contributed by atoms with Gasteiger partial charge >= 0.3 is 0 Å². The molecule has 4 heteroatoms. The van der Waals surface area contributed by atoms with Crippen LogP contribution in [0.2, 0.25) is 0 Å². The molecular weight excluding hydrogens is 216 g/mol. The Kier molecular flexibility index (Phi) is 2.35. The van der Waals surface area contributed by atoms with Crippen LogP contribution in [0.5, 0.6) is 5.75 Å². The molecule has 0 aromatic heterocycles. The van der Waals surface area contributed by atoms with Gasteiger partial charge in [-0.25, -0.2) is 5.43 Å². The molecule has 0 fully saturated rings. The third-order valence-electron chi connectivity index (χ3n) is 3.47. The maximum atomic E-state index is 11.3. The Morgan fingerprint density at radius 3 is 3.18 bits per heavy atom. The molecule has 3 rings (SSSR count). The normalized spacial score (nSPS) is 22.1. The maximum absolute atomic E-state index is 11.3. The van der Waals surface area contributed by atoms with Crippen LogP contribution in [0.15, 0.2) is 23.3 Å². The minimum atomic E-state index is 0.0238. The number of aryl methyl sites for hydroxylation is 1. The Morgan fingerprint density at radius 2 is 2.35 bits per heavy atom. The van der Waals surface area contributed by atoms with Crippen molar-refractivity contribution in [3.63, 3.8) is 0 Å². The van der Waals surface area contributed by atoms with Crippen LogP contribution in [0.3, 0.4) is 0 Å². The van der Waals surface area contributed by atoms with Gasteiger partial charge in [0.15, 0.2) is 0 Å². The van der Waals surface area contributed by atoms with E-state index >= 15 is 0 Å². The lowest BCUT2D eigenvalue weighted by atomic mass is 9.80. The van der Waals surface area contributed by atoms with Crippen LogP contribution >= 0.6 is 0 Å². The molecule has 88 valence electrons. The number of fused-ring (bicyclic) bond motifs is 3. The van der Waals surface area contributed by atoms with Crippen molar-refractivity contribution in [2.45, 2.75) is 19.3 Å². The largest absolute Gasteiger partial charge is 0.497 e. The van der Waals surface area contributed by atoms with Crippen LogP contribution in [0.4, 0.5) is 0 Å². The SMILES string of the molecule is COc1ccc2c(c1)CCC1CC(=O)NN=C21. The molecule has 0 saturated carbocycles. The first kappa shape index (κ1) is 10.3. The van der Waals surface area contributed by atoms with Crippen molar-refractivity contribution in [2.75, 3.05) is 7.11 Å². The summed E-state index contributed by atoms with van der Waals surface area (Å²) in [5.41, 5.74) is 6.00. The number of hydrogen-bond acceptors (Lipinski definition) is 3. The first-order valence-corrected chi connectivity index (χ1v) is 5.81. The monoisotopic (exact) mass is 230 g/mol. The number of hydrogen-bond donors (Lipinski definition) is 1. The predicted octanol–water partition coefficient (Wildman–Crippen LogP) is 1.48. The third kappa shape index (κ3) is 1.69. The molecule has 0 bridgehead atoms. The van der Waals surface area contributed by atoms with Crippen LogP contribution in [-0.4, -0.2) is 18.7 Å². The number of nitrogens with zero attached hydrogens (tertiary/aromatic N) is 1. The van der Waals surface area contributed by atoms with E-state index in [1.807, 2.05) is 12.1 Å². The smallest absolute Gasteiger partial charge is 0.240 e. The average molecular weight is 230 g/mol. The van der Waals surface area contributed by atoms with Gasteiger partial charge in [0.05, 0.1) is 12.8 Å². The third-order valence-corrected chi connectivity index (χ3v) is 3.47. The van der Waals surface area contributed by atoms with Crippen LogP contribution in [0.25, 0.3) is 0 Å². The van der Waals surface area contributed by atoms with Gasteiger partial charge in [0, 0.05) is 17.9 Å². The molecular formula is C13H14N2O2. The summed E-state index contributed by atoms with van der Waals surface area (Å²) < 4.78 is 5.22. The summed E-state index contributed by atoms with van der Waals surface area (Å²) in [6.45, 7) is 0. The van der Waals surface area contributed by atoms with Gasteiger partial charge in [-0.1, -0.05) is 0 Å². The summed E-state index contributed by atoms with van der Waals surface area (Å²) in [7, 11) is 1.67. The first-order chi connectivity index (χ1) is 8.28. The quantitative estimate of drug-likeness (QED) is 0.794. The van der Waals surface area contributed by atoms with E-state index < -0.39 is 0 Å². The zero-order valence-corrected chi connectivity index (χ0v) is 9.69. The number of nitrogens with one attached hydrogen (secondary N) is 1. The fourth-order valence-corrected chi connectivity index (χ4v) is 2.58. The van der Waals surface area contributed by atoms with E-state index in [2.05, 4.69) is 16.6 Å². The summed E-state index contributed by atoms with van der Waals surface area (Å²) in [6.07, 6.45) is 2.54. The van der Waals surface area contributed by atoms with E-state index in [4.69, 9.17) is 4.74 Å². The van der Waals surface area contributed by atoms with Gasteiger partial charge in [-0.05, 0) is 36.6 Å². The van der Waals surface area contributed by atoms with Gasteiger partial charge in [0.1, 0.15) is 5.75 Å². The molecule has 0 spiro atoms. The molecule has 17 heavy (non-hydrogen) atoms. The number of ether oxygens (including phenoxy) is 1. The summed E-state index contributed by atoms with van der Waals surface area (Å²) in [5.74, 6) is 1.18. The van der Waals surface area contributed by atoms with E-state index in [1.165, 1.54) is 5.56 Å². The van der Waals surface area contributed by atoms with Gasteiger partial charge in [-0.2, -0.15) is 5.10 Å². The topological polar surface area (TPSA) is 50.7 Å². The number of carbonyl (C=O) groups is 1. The van der Waals surface area contributed by atoms with Crippen molar-refractivity contribution in [3.8, 4) is 5.75 Å².